The summed E-state index contributed by atoms with van der Waals surface area (Å²) in [5, 5.41) is 125. The van der Waals surface area contributed by atoms with Crippen molar-refractivity contribution in [3.8, 4) is 0 Å². The minimum atomic E-state index is -1.99. The van der Waals surface area contributed by atoms with E-state index in [0.717, 1.165) is 23.1 Å². The standard InChI is InChI=1S/C66H106O23/c1-14-16-26-81-57(80)51-49(86-58-46(74)44(72)38(30-68)83-58)48(76)50(87-59-47(75)45(73)43(71)37(29-67)82-59)60(88-51)84-41-23-24-63(11)39(62(41,9)10)22-25-64(12)40(63)21-20-35-36-28-61(7,8)54(85-42(70)27-33(5)19-17-18-32(3)4)55(89-56(79)34(6)15-2)66(36,31-69)53(78)52(77)65(35,64)13/h18,20,27,34,36-41,43-55,58-60,67-69,71-78H,14-17,19,21-26,28-31H2,1-13H3/b33-27-/t34-,36+,37-,38+,39+,40-,41+,43-,44+,45+,46-,47-,48+,49+,50-,51+,52+,53-,54+,55+,58+,59+,60-,63+,64-,65+,66+/m1/s1. The van der Waals surface area contributed by atoms with Crippen LogP contribution in [0.25, 0.3) is 0 Å². The molecule has 4 saturated carbocycles. The van der Waals surface area contributed by atoms with Gasteiger partial charge in [0.05, 0.1) is 56.1 Å². The van der Waals surface area contributed by atoms with Crippen LogP contribution in [-0.2, 0) is 57.0 Å². The Bertz CT molecular complexity index is 2570. The second-order valence-corrected chi connectivity index (χ2v) is 29.4. The normalized spacial score (nSPS) is 45.3. The molecule has 0 aromatic carbocycles. The highest BCUT2D eigenvalue weighted by atomic mass is 16.8. The SMILES string of the molecule is CCCCOC(=O)[C@H]1O[C@@H](O[C@H]2CC[C@]3(C)[C@H]4CC=C5[C@@H]6CC(C)(C)[C@@H](OC(=O)/C=C(/C)CCC=C(C)C)[C@H](OC(=O)[C@H](C)CC)[C@]6(CO)[C@H](O)[C@H](O)[C@@]5(C)[C@]4(C)CC[C@H]3C2(C)C)[C@H](O[C@@H]2O[C@H](CO)[C@@H](O)[C@H](O)[C@H]2O)[C@@H](O)[C@@H]1O[C@@H]1O[C@@H](CO)[C@H](O)[C@H]1O. The maximum Gasteiger partial charge on any atom is 0.338 e. The van der Waals surface area contributed by atoms with Gasteiger partial charge in [0.15, 0.2) is 31.1 Å². The summed E-state index contributed by atoms with van der Waals surface area (Å²) < 4.78 is 55.8. The molecule has 3 aliphatic heterocycles. The van der Waals surface area contributed by atoms with E-state index in [1.54, 1.807) is 6.92 Å². The number of ether oxygens (including phenoxy) is 9. The number of carbonyl (C=O) groups excluding carboxylic acids is 3. The number of unbranched alkanes of at least 4 members (excludes halogenated alkanes) is 1. The molecular weight excluding hydrogens is 1160 g/mol. The third-order valence-corrected chi connectivity index (χ3v) is 23.1. The van der Waals surface area contributed by atoms with Gasteiger partial charge in [0.25, 0.3) is 0 Å². The Morgan fingerprint density at radius 1 is 0.708 bits per heavy atom. The first-order valence-electron chi connectivity index (χ1n) is 32.5. The molecule has 27 atom stereocenters. The van der Waals surface area contributed by atoms with E-state index in [0.29, 0.717) is 64.2 Å². The average Bonchev–Trinajstić information content (AvgIpc) is 0.901. The first-order chi connectivity index (χ1) is 41.7. The van der Waals surface area contributed by atoms with Crippen molar-refractivity contribution in [2.75, 3.05) is 26.4 Å². The van der Waals surface area contributed by atoms with Crippen molar-refractivity contribution in [1.29, 1.82) is 0 Å². The summed E-state index contributed by atoms with van der Waals surface area (Å²) in [6, 6.07) is 0. The van der Waals surface area contributed by atoms with Crippen LogP contribution in [-0.4, -0.2) is 217 Å². The van der Waals surface area contributed by atoms with Gasteiger partial charge in [-0.1, -0.05) is 105 Å². The van der Waals surface area contributed by atoms with Crippen molar-refractivity contribution >= 4 is 17.9 Å². The fourth-order valence-electron chi connectivity index (χ4n) is 17.4. The second kappa shape index (κ2) is 27.7. The quantitative estimate of drug-likeness (QED) is 0.0196. The molecule has 8 aliphatic rings. The summed E-state index contributed by atoms with van der Waals surface area (Å²) in [5.41, 5.74) is -2.87. The van der Waals surface area contributed by atoms with Crippen molar-refractivity contribution in [2.24, 2.45) is 56.2 Å². The lowest BCUT2D eigenvalue weighted by molar-refractivity contribution is -0.383. The van der Waals surface area contributed by atoms with E-state index in [4.69, 9.17) is 42.6 Å². The predicted octanol–water partition coefficient (Wildman–Crippen LogP) is 3.33. The molecule has 89 heavy (non-hydrogen) atoms. The summed E-state index contributed by atoms with van der Waals surface area (Å²) in [4.78, 5) is 42.3. The average molecular weight is 1270 g/mol. The molecule has 23 heteroatoms. The van der Waals surface area contributed by atoms with Gasteiger partial charge >= 0.3 is 17.9 Å². The van der Waals surface area contributed by atoms with Crippen LogP contribution in [0.3, 0.4) is 0 Å². The summed E-state index contributed by atoms with van der Waals surface area (Å²) in [7, 11) is 0. The molecule has 0 aromatic rings. The Labute approximate surface area is 524 Å². The minimum Gasteiger partial charge on any atom is -0.464 e. The van der Waals surface area contributed by atoms with E-state index in [-0.39, 0.29) is 18.4 Å². The van der Waals surface area contributed by atoms with Crippen LogP contribution in [0.1, 0.15) is 161 Å². The van der Waals surface area contributed by atoms with E-state index >= 15 is 0 Å². The molecule has 0 aromatic heterocycles. The van der Waals surface area contributed by atoms with E-state index in [1.807, 2.05) is 55.4 Å². The zero-order valence-corrected chi connectivity index (χ0v) is 54.4. The highest BCUT2D eigenvalue weighted by Crippen LogP contribution is 2.76. The number of hydrogen-bond donors (Lipinski definition) is 11. The second-order valence-electron chi connectivity index (χ2n) is 29.4. The van der Waals surface area contributed by atoms with Gasteiger partial charge in [-0.3, -0.25) is 4.79 Å². The number of rotatable bonds is 21. The maximum atomic E-state index is 14.2. The van der Waals surface area contributed by atoms with Gasteiger partial charge < -0.3 is 98.8 Å². The highest BCUT2D eigenvalue weighted by Gasteiger charge is 2.76. The van der Waals surface area contributed by atoms with Gasteiger partial charge in [-0.2, -0.15) is 0 Å². The third kappa shape index (κ3) is 12.8. The largest absolute Gasteiger partial charge is 0.464 e. The lowest BCUT2D eigenvalue weighted by atomic mass is 9.32. The maximum absolute atomic E-state index is 14.2. The summed E-state index contributed by atoms with van der Waals surface area (Å²) in [5.74, 6) is -3.69. The zero-order valence-electron chi connectivity index (χ0n) is 54.4. The van der Waals surface area contributed by atoms with E-state index in [1.165, 1.54) is 6.08 Å². The Morgan fingerprint density at radius 2 is 1.33 bits per heavy atom. The number of allylic oxidation sites excluding steroid dienone is 4. The number of fused-ring (bicyclic) bond motifs is 7. The van der Waals surface area contributed by atoms with Gasteiger partial charge in [-0.25, -0.2) is 9.59 Å². The number of carbonyl (C=O) groups is 3. The third-order valence-electron chi connectivity index (χ3n) is 23.1. The van der Waals surface area contributed by atoms with Crippen molar-refractivity contribution < 1.29 is 113 Å². The lowest BCUT2D eigenvalue weighted by Crippen LogP contribution is -2.76. The van der Waals surface area contributed by atoms with Gasteiger partial charge in [-0.05, 0) is 119 Å². The van der Waals surface area contributed by atoms with E-state index in [9.17, 15) is 70.6 Å². The van der Waals surface area contributed by atoms with E-state index < -0.39 is 199 Å². The van der Waals surface area contributed by atoms with Crippen molar-refractivity contribution in [3.63, 3.8) is 0 Å². The number of aliphatic hydroxyl groups is 11. The first kappa shape index (κ1) is 71.8. The molecular formula is C66H106O23. The van der Waals surface area contributed by atoms with Crippen molar-refractivity contribution in [3.05, 3.63) is 34.9 Å². The number of aliphatic hydroxyl groups excluding tert-OH is 11. The first-order valence-corrected chi connectivity index (χ1v) is 32.5. The molecule has 7 fully saturated rings. The smallest absolute Gasteiger partial charge is 0.338 e. The molecule has 508 valence electrons. The fraction of sp³-hybridized carbons (Fsp3) is 0.864. The van der Waals surface area contributed by atoms with Crippen LogP contribution in [0.15, 0.2) is 34.9 Å². The zero-order chi connectivity index (χ0) is 65.8. The number of hydrogen-bond acceptors (Lipinski definition) is 23. The molecule has 0 radical (unpaired) electrons. The van der Waals surface area contributed by atoms with Gasteiger partial charge in [0, 0.05) is 16.9 Å². The monoisotopic (exact) mass is 1270 g/mol. The van der Waals surface area contributed by atoms with Crippen LogP contribution >= 0.6 is 0 Å². The Hall–Kier alpha value is -3.05. The predicted molar refractivity (Wildman–Crippen MR) is 318 cm³/mol. The van der Waals surface area contributed by atoms with Crippen LogP contribution < -0.4 is 0 Å². The Morgan fingerprint density at radius 3 is 1.92 bits per heavy atom. The van der Waals surface area contributed by atoms with Crippen LogP contribution in [0, 0.1) is 56.2 Å². The topological polar surface area (TPSA) is 357 Å². The molecule has 3 heterocycles. The number of esters is 3. The Balaban J connectivity index is 1.13. The summed E-state index contributed by atoms with van der Waals surface area (Å²) in [6.45, 7) is 23.5. The Kier molecular flexibility index (Phi) is 22.4. The molecule has 0 unspecified atom stereocenters. The van der Waals surface area contributed by atoms with Gasteiger partial charge in [0.2, 0.25) is 0 Å². The van der Waals surface area contributed by atoms with Gasteiger partial charge in [-0.15, -0.1) is 0 Å². The molecule has 0 amide bonds. The minimum absolute atomic E-state index is 0.0493. The van der Waals surface area contributed by atoms with E-state index in [2.05, 4.69) is 39.8 Å². The van der Waals surface area contributed by atoms with Crippen molar-refractivity contribution in [1.82, 2.24) is 0 Å². The lowest BCUT2D eigenvalue weighted by Gasteiger charge is -2.73. The molecule has 23 nitrogen and oxygen atoms in total. The van der Waals surface area contributed by atoms with Crippen LogP contribution in [0.4, 0.5) is 0 Å². The molecule has 11 N–H and O–H groups in total. The molecule has 5 aliphatic carbocycles. The molecule has 0 bridgehead atoms. The molecule has 8 rings (SSSR count). The molecule has 0 spiro atoms. The fourth-order valence-corrected chi connectivity index (χ4v) is 17.4. The highest BCUT2D eigenvalue weighted by molar-refractivity contribution is 5.83. The van der Waals surface area contributed by atoms with Crippen molar-refractivity contribution in [2.45, 2.75) is 277 Å². The van der Waals surface area contributed by atoms with Gasteiger partial charge in [0.1, 0.15) is 67.1 Å². The van der Waals surface area contributed by atoms with Crippen LogP contribution in [0.2, 0.25) is 0 Å². The summed E-state index contributed by atoms with van der Waals surface area (Å²) >= 11 is 0. The molecule has 3 saturated heterocycles. The summed E-state index contributed by atoms with van der Waals surface area (Å²) in [6.07, 6.45) is -19.4. The van der Waals surface area contributed by atoms with Crippen LogP contribution in [0.5, 0.6) is 0 Å².